The predicted octanol–water partition coefficient (Wildman–Crippen LogP) is 4.12. The van der Waals surface area contributed by atoms with Gasteiger partial charge in [0.25, 0.3) is 10.0 Å². The lowest BCUT2D eigenvalue weighted by Gasteiger charge is -2.34. The van der Waals surface area contributed by atoms with Crippen LogP contribution in [0.1, 0.15) is 11.1 Å². The molecule has 0 fully saturated rings. The van der Waals surface area contributed by atoms with Gasteiger partial charge in [0, 0.05) is 6.54 Å². The van der Waals surface area contributed by atoms with Crippen molar-refractivity contribution in [3.63, 3.8) is 0 Å². The van der Waals surface area contributed by atoms with E-state index >= 15 is 0 Å². The average molecular weight is 486 g/mol. The Bertz CT molecular complexity index is 1400. The molecule has 0 unspecified atom stereocenters. The first-order valence-corrected chi connectivity index (χ1v) is 13.0. The summed E-state index contributed by atoms with van der Waals surface area (Å²) in [6.45, 7) is 0.144. The van der Waals surface area contributed by atoms with Crippen LogP contribution in [0.3, 0.4) is 0 Å². The Hall–Kier alpha value is -2.79. The summed E-state index contributed by atoms with van der Waals surface area (Å²) in [6, 6.07) is 15.5. The summed E-state index contributed by atoms with van der Waals surface area (Å²) in [5, 5.41) is 4.98. The number of thiazole rings is 1. The van der Waals surface area contributed by atoms with Crippen LogP contribution in [0.5, 0.6) is 5.75 Å². The second kappa shape index (κ2) is 8.28. The number of anilines is 1. The lowest BCUT2D eigenvalue weighted by Crippen LogP contribution is -2.50. The molecule has 5 rings (SSSR count). The molecule has 3 heterocycles. The van der Waals surface area contributed by atoms with Crippen LogP contribution in [0.15, 0.2) is 64.2 Å². The summed E-state index contributed by atoms with van der Waals surface area (Å²) in [6.07, 6.45) is 0.297. The van der Waals surface area contributed by atoms with E-state index in [2.05, 4.69) is 10.3 Å². The molecular weight excluding hydrogens is 466 g/mol. The fourth-order valence-corrected chi connectivity index (χ4v) is 7.36. The van der Waals surface area contributed by atoms with Crippen molar-refractivity contribution in [3.05, 3.63) is 71.1 Å². The number of amides is 1. The molecule has 2 aromatic carbocycles. The van der Waals surface area contributed by atoms with Gasteiger partial charge in [0.1, 0.15) is 16.0 Å². The molecule has 0 saturated carbocycles. The largest absolute Gasteiger partial charge is 0.497 e. The van der Waals surface area contributed by atoms with Crippen molar-refractivity contribution in [2.45, 2.75) is 23.2 Å². The third kappa shape index (κ3) is 3.79. The van der Waals surface area contributed by atoms with Crippen LogP contribution in [0.4, 0.5) is 5.13 Å². The van der Waals surface area contributed by atoms with Gasteiger partial charge < -0.3 is 10.1 Å². The summed E-state index contributed by atoms with van der Waals surface area (Å²) < 4.78 is 34.4. The van der Waals surface area contributed by atoms with E-state index in [-0.39, 0.29) is 10.8 Å². The number of carbonyl (C=O) groups is 1. The summed E-state index contributed by atoms with van der Waals surface area (Å²) in [7, 11) is -2.23. The monoisotopic (exact) mass is 485 g/mol. The number of methoxy groups -OCH3 is 1. The highest BCUT2D eigenvalue weighted by Gasteiger charge is 2.40. The van der Waals surface area contributed by atoms with E-state index < -0.39 is 22.0 Å². The third-order valence-electron chi connectivity index (χ3n) is 5.39. The minimum Gasteiger partial charge on any atom is -0.497 e. The molecule has 10 heteroatoms. The second-order valence-electron chi connectivity index (χ2n) is 7.31. The lowest BCUT2D eigenvalue weighted by molar-refractivity contribution is -0.120. The standard InChI is InChI=1S/C22H19N3O4S3/c1-29-16-8-9-17-19(12-16)31-22(23-17)24-21(26)18-11-14-5-2-3-6-15(14)13-25(18)32(27,28)20-7-4-10-30-20/h2-10,12,18H,11,13H2,1H3,(H,23,24,26)/t18-/m1/s1. The van der Waals surface area contributed by atoms with Gasteiger partial charge in [-0.25, -0.2) is 13.4 Å². The number of carbonyl (C=O) groups excluding carboxylic acids is 1. The molecule has 0 spiro atoms. The van der Waals surface area contributed by atoms with E-state index in [0.717, 1.165) is 32.7 Å². The van der Waals surface area contributed by atoms with E-state index in [1.807, 2.05) is 36.4 Å². The number of aromatic nitrogens is 1. The number of benzene rings is 2. The quantitative estimate of drug-likeness (QED) is 0.459. The topological polar surface area (TPSA) is 88.6 Å². The lowest BCUT2D eigenvalue weighted by atomic mass is 9.95. The molecule has 0 bridgehead atoms. The number of rotatable bonds is 5. The Morgan fingerprint density at radius 3 is 2.72 bits per heavy atom. The van der Waals surface area contributed by atoms with E-state index in [1.54, 1.807) is 30.7 Å². The number of hydrogen-bond acceptors (Lipinski definition) is 7. The summed E-state index contributed by atoms with van der Waals surface area (Å²) in [4.78, 5) is 17.8. The highest BCUT2D eigenvalue weighted by atomic mass is 32.2. The molecule has 0 saturated heterocycles. The van der Waals surface area contributed by atoms with Crippen LogP contribution in [-0.4, -0.2) is 36.8 Å². The van der Waals surface area contributed by atoms with Gasteiger partial charge in [0.15, 0.2) is 5.13 Å². The predicted molar refractivity (Wildman–Crippen MR) is 126 cm³/mol. The van der Waals surface area contributed by atoms with Gasteiger partial charge in [-0.15, -0.1) is 11.3 Å². The van der Waals surface area contributed by atoms with E-state index in [4.69, 9.17) is 4.74 Å². The molecular formula is C22H19N3O4S3. The molecule has 1 aliphatic heterocycles. The normalized spacial score (nSPS) is 16.6. The highest BCUT2D eigenvalue weighted by molar-refractivity contribution is 7.91. The third-order valence-corrected chi connectivity index (χ3v) is 9.55. The van der Waals surface area contributed by atoms with Gasteiger partial charge in [0.05, 0.1) is 17.3 Å². The molecule has 1 atom stereocenters. The molecule has 2 aromatic heterocycles. The number of nitrogens with zero attached hydrogens (tertiary/aromatic N) is 2. The van der Waals surface area contributed by atoms with Crippen molar-refractivity contribution in [2.75, 3.05) is 12.4 Å². The molecule has 0 radical (unpaired) electrons. The van der Waals surface area contributed by atoms with Crippen LogP contribution in [-0.2, 0) is 27.8 Å². The van der Waals surface area contributed by atoms with E-state index in [0.29, 0.717) is 17.3 Å². The van der Waals surface area contributed by atoms with Gasteiger partial charge in [-0.2, -0.15) is 4.31 Å². The maximum atomic E-state index is 13.4. The number of thiophene rings is 1. The Kier molecular flexibility index (Phi) is 5.46. The van der Waals surface area contributed by atoms with E-state index in [9.17, 15) is 13.2 Å². The maximum absolute atomic E-state index is 13.4. The molecule has 32 heavy (non-hydrogen) atoms. The smallest absolute Gasteiger partial charge is 0.253 e. The summed E-state index contributed by atoms with van der Waals surface area (Å²) in [5.74, 6) is 0.307. The van der Waals surface area contributed by atoms with Crippen molar-refractivity contribution in [3.8, 4) is 5.75 Å². The number of ether oxygens (including phenoxy) is 1. The first-order valence-electron chi connectivity index (χ1n) is 9.83. The van der Waals surface area contributed by atoms with Crippen LogP contribution in [0.25, 0.3) is 10.2 Å². The fraction of sp³-hybridized carbons (Fsp3) is 0.182. The number of hydrogen-bond donors (Lipinski definition) is 1. The van der Waals surface area contributed by atoms with E-state index in [1.165, 1.54) is 15.6 Å². The van der Waals surface area contributed by atoms with Gasteiger partial charge in [-0.05, 0) is 47.2 Å². The Morgan fingerprint density at radius 1 is 1.16 bits per heavy atom. The molecule has 164 valence electrons. The van der Waals surface area contributed by atoms with Crippen molar-refractivity contribution in [1.82, 2.24) is 9.29 Å². The van der Waals surface area contributed by atoms with Crippen LogP contribution < -0.4 is 10.1 Å². The van der Waals surface area contributed by atoms with Gasteiger partial charge in [-0.1, -0.05) is 41.7 Å². The van der Waals surface area contributed by atoms with Gasteiger partial charge in [0.2, 0.25) is 5.91 Å². The van der Waals surface area contributed by atoms with Gasteiger partial charge >= 0.3 is 0 Å². The second-order valence-corrected chi connectivity index (χ2v) is 11.4. The fourth-order valence-electron chi connectivity index (χ4n) is 3.77. The van der Waals surface area contributed by atoms with Crippen LogP contribution >= 0.6 is 22.7 Å². The zero-order chi connectivity index (χ0) is 22.3. The molecule has 7 nitrogen and oxygen atoms in total. The number of nitrogens with one attached hydrogen (secondary N) is 1. The Morgan fingerprint density at radius 2 is 1.97 bits per heavy atom. The summed E-state index contributed by atoms with van der Waals surface area (Å²) in [5.41, 5.74) is 2.62. The zero-order valence-electron chi connectivity index (χ0n) is 17.0. The first kappa shape index (κ1) is 21.1. The van der Waals surface area contributed by atoms with Crippen molar-refractivity contribution in [2.24, 2.45) is 0 Å². The first-order chi connectivity index (χ1) is 15.5. The number of sulfonamides is 1. The maximum Gasteiger partial charge on any atom is 0.253 e. The SMILES string of the molecule is COc1ccc2nc(NC(=O)[C@H]3Cc4ccccc4CN3S(=O)(=O)c3cccs3)sc2c1. The van der Waals surface area contributed by atoms with Crippen LogP contribution in [0.2, 0.25) is 0 Å². The number of fused-ring (bicyclic) bond motifs is 2. The van der Waals surface area contributed by atoms with Crippen LogP contribution in [0, 0.1) is 0 Å². The molecule has 1 amide bonds. The van der Waals surface area contributed by atoms with Crippen molar-refractivity contribution < 1.29 is 17.9 Å². The molecule has 1 aliphatic rings. The van der Waals surface area contributed by atoms with Crippen molar-refractivity contribution >= 4 is 54.0 Å². The molecule has 4 aromatic rings. The minimum atomic E-state index is -3.82. The molecule has 0 aliphatic carbocycles. The highest BCUT2D eigenvalue weighted by Crippen LogP contribution is 2.33. The van der Waals surface area contributed by atoms with Crippen molar-refractivity contribution in [1.29, 1.82) is 0 Å². The molecule has 1 N–H and O–H groups in total. The zero-order valence-corrected chi connectivity index (χ0v) is 19.5. The average Bonchev–Trinajstić information content (AvgIpc) is 3.47. The summed E-state index contributed by atoms with van der Waals surface area (Å²) >= 11 is 2.47. The Labute approximate surface area is 193 Å². The van der Waals surface area contributed by atoms with Gasteiger partial charge in [-0.3, -0.25) is 4.79 Å². The minimum absolute atomic E-state index is 0.144. The Balaban J connectivity index is 1.48.